The zero-order chi connectivity index (χ0) is 18.6. The lowest BCUT2D eigenvalue weighted by Crippen LogP contribution is -2.28. The molecule has 7 heteroatoms. The van der Waals surface area contributed by atoms with Crippen LogP contribution in [0.1, 0.15) is 23.1 Å². The van der Waals surface area contributed by atoms with Crippen LogP contribution in [0.25, 0.3) is 0 Å². The Morgan fingerprint density at radius 1 is 1.15 bits per heavy atom. The van der Waals surface area contributed by atoms with E-state index >= 15 is 0 Å². The molecular formula is C19H19F4NO2. The molecule has 0 bridgehead atoms. The molecule has 1 N–H and O–H groups in total. The van der Waals surface area contributed by atoms with E-state index in [1.807, 2.05) is 0 Å². The summed E-state index contributed by atoms with van der Waals surface area (Å²) in [6.07, 6.45) is -3.50. The van der Waals surface area contributed by atoms with E-state index in [2.05, 4.69) is 5.32 Å². The molecule has 26 heavy (non-hydrogen) atoms. The zero-order valence-corrected chi connectivity index (χ0v) is 14.0. The third kappa shape index (κ3) is 4.95. The molecule has 2 aromatic rings. The summed E-state index contributed by atoms with van der Waals surface area (Å²) >= 11 is 0. The van der Waals surface area contributed by atoms with Gasteiger partial charge in [0.15, 0.2) is 0 Å². The third-order valence-corrected chi connectivity index (χ3v) is 4.20. The summed E-state index contributed by atoms with van der Waals surface area (Å²) in [5, 5.41) is 3.22. The number of hydrogen-bond donors (Lipinski definition) is 1. The topological polar surface area (TPSA) is 30.5 Å². The van der Waals surface area contributed by atoms with Crippen molar-refractivity contribution >= 4 is 0 Å². The van der Waals surface area contributed by atoms with Crippen LogP contribution >= 0.6 is 0 Å². The highest BCUT2D eigenvalue weighted by Gasteiger charge is 2.30. The summed E-state index contributed by atoms with van der Waals surface area (Å²) in [6, 6.07) is 9.58. The first-order valence-corrected chi connectivity index (χ1v) is 8.30. The second kappa shape index (κ2) is 8.05. The van der Waals surface area contributed by atoms with E-state index in [4.69, 9.17) is 9.47 Å². The number of halogens is 4. The Morgan fingerprint density at radius 3 is 2.69 bits per heavy atom. The van der Waals surface area contributed by atoms with Gasteiger partial charge in [-0.1, -0.05) is 18.2 Å². The molecule has 0 saturated carbocycles. The summed E-state index contributed by atoms with van der Waals surface area (Å²) in [5.74, 6) is -0.147. The molecule has 140 valence electrons. The SMILES string of the molecule is Fc1cc(OCc2cccc(C(F)(F)F)c2)ccc1CN[C@@H]1CCOC1. The summed E-state index contributed by atoms with van der Waals surface area (Å²) in [7, 11) is 0. The second-order valence-electron chi connectivity index (χ2n) is 6.18. The predicted octanol–water partition coefficient (Wildman–Crippen LogP) is 4.30. The fourth-order valence-electron chi connectivity index (χ4n) is 2.72. The standard InChI is InChI=1S/C19H19F4NO2/c20-18-9-17(5-4-14(18)10-24-16-6-7-25-12-16)26-11-13-2-1-3-15(8-13)19(21,22)23/h1-5,8-9,16,24H,6-7,10-12H2/t16-/m1/s1. The van der Waals surface area contributed by atoms with Gasteiger partial charge in [0.1, 0.15) is 18.2 Å². The van der Waals surface area contributed by atoms with Crippen LogP contribution in [0, 0.1) is 5.82 Å². The van der Waals surface area contributed by atoms with Crippen LogP contribution < -0.4 is 10.1 Å². The van der Waals surface area contributed by atoms with Gasteiger partial charge in [-0.25, -0.2) is 4.39 Å². The van der Waals surface area contributed by atoms with E-state index < -0.39 is 17.6 Å². The van der Waals surface area contributed by atoms with Crippen molar-refractivity contribution in [3.05, 3.63) is 65.0 Å². The molecule has 1 aliphatic rings. The second-order valence-corrected chi connectivity index (χ2v) is 6.18. The normalized spacial score (nSPS) is 17.5. The first-order chi connectivity index (χ1) is 12.4. The Labute approximate surface area is 148 Å². The fraction of sp³-hybridized carbons (Fsp3) is 0.368. The van der Waals surface area contributed by atoms with E-state index in [1.54, 1.807) is 12.1 Å². The van der Waals surface area contributed by atoms with Crippen molar-refractivity contribution in [1.82, 2.24) is 5.32 Å². The number of rotatable bonds is 6. The van der Waals surface area contributed by atoms with Gasteiger partial charge in [0.05, 0.1) is 12.2 Å². The first-order valence-electron chi connectivity index (χ1n) is 8.30. The molecule has 0 spiro atoms. The minimum absolute atomic E-state index is 0.0691. The van der Waals surface area contributed by atoms with Crippen molar-refractivity contribution < 1.29 is 27.0 Å². The molecule has 1 saturated heterocycles. The van der Waals surface area contributed by atoms with Crippen molar-refractivity contribution in [3.63, 3.8) is 0 Å². The summed E-state index contributed by atoms with van der Waals surface area (Å²) in [4.78, 5) is 0. The van der Waals surface area contributed by atoms with Crippen LogP contribution in [0.2, 0.25) is 0 Å². The third-order valence-electron chi connectivity index (χ3n) is 4.20. The molecule has 0 aliphatic carbocycles. The maximum Gasteiger partial charge on any atom is 0.416 e. The van der Waals surface area contributed by atoms with Gasteiger partial charge in [0.25, 0.3) is 0 Å². The monoisotopic (exact) mass is 369 g/mol. The largest absolute Gasteiger partial charge is 0.489 e. The number of ether oxygens (including phenoxy) is 2. The Kier molecular flexibility index (Phi) is 5.78. The number of nitrogens with one attached hydrogen (secondary N) is 1. The Balaban J connectivity index is 1.57. The maximum atomic E-state index is 14.2. The van der Waals surface area contributed by atoms with Crippen molar-refractivity contribution in [2.24, 2.45) is 0 Å². The lowest BCUT2D eigenvalue weighted by Gasteiger charge is -2.13. The molecule has 1 aliphatic heterocycles. The van der Waals surface area contributed by atoms with E-state index in [1.165, 1.54) is 18.2 Å². The van der Waals surface area contributed by atoms with Crippen LogP contribution in [0.15, 0.2) is 42.5 Å². The average molecular weight is 369 g/mol. The van der Waals surface area contributed by atoms with Gasteiger partial charge < -0.3 is 14.8 Å². The smallest absolute Gasteiger partial charge is 0.416 e. The highest BCUT2D eigenvalue weighted by atomic mass is 19.4. The van der Waals surface area contributed by atoms with Gasteiger partial charge in [0, 0.05) is 30.8 Å². The van der Waals surface area contributed by atoms with E-state index in [9.17, 15) is 17.6 Å². The first kappa shape index (κ1) is 18.7. The van der Waals surface area contributed by atoms with E-state index in [-0.39, 0.29) is 18.4 Å². The van der Waals surface area contributed by atoms with Gasteiger partial charge >= 0.3 is 6.18 Å². The van der Waals surface area contributed by atoms with Crippen molar-refractivity contribution in [1.29, 1.82) is 0 Å². The molecule has 2 aromatic carbocycles. The Bertz CT molecular complexity index is 743. The van der Waals surface area contributed by atoms with Crippen LogP contribution in [0.5, 0.6) is 5.75 Å². The lowest BCUT2D eigenvalue weighted by atomic mass is 10.1. The molecule has 0 amide bonds. The molecule has 1 fully saturated rings. The molecule has 0 radical (unpaired) electrons. The van der Waals surface area contributed by atoms with Crippen LogP contribution in [-0.4, -0.2) is 19.3 Å². The predicted molar refractivity (Wildman–Crippen MR) is 88.2 cm³/mol. The Hall–Kier alpha value is -2.12. The van der Waals surface area contributed by atoms with E-state index in [0.717, 1.165) is 18.6 Å². The summed E-state index contributed by atoms with van der Waals surface area (Å²) in [5.41, 5.74) is 0.137. The molecular weight excluding hydrogens is 350 g/mol. The molecule has 0 aromatic heterocycles. The number of hydrogen-bond acceptors (Lipinski definition) is 3. The van der Waals surface area contributed by atoms with Crippen LogP contribution in [-0.2, 0) is 24.1 Å². The minimum atomic E-state index is -4.40. The van der Waals surface area contributed by atoms with E-state index in [0.29, 0.717) is 30.9 Å². The Morgan fingerprint density at radius 2 is 2.00 bits per heavy atom. The molecule has 1 heterocycles. The maximum absolute atomic E-state index is 14.2. The van der Waals surface area contributed by atoms with Crippen LogP contribution in [0.4, 0.5) is 17.6 Å². The zero-order valence-electron chi connectivity index (χ0n) is 14.0. The lowest BCUT2D eigenvalue weighted by molar-refractivity contribution is -0.137. The van der Waals surface area contributed by atoms with Gasteiger partial charge in [0.2, 0.25) is 0 Å². The van der Waals surface area contributed by atoms with Gasteiger partial charge in [-0.3, -0.25) is 0 Å². The molecule has 3 rings (SSSR count). The van der Waals surface area contributed by atoms with Gasteiger partial charge in [-0.2, -0.15) is 13.2 Å². The van der Waals surface area contributed by atoms with Crippen LogP contribution in [0.3, 0.4) is 0 Å². The minimum Gasteiger partial charge on any atom is -0.489 e. The fourth-order valence-corrected chi connectivity index (χ4v) is 2.72. The molecule has 3 nitrogen and oxygen atoms in total. The van der Waals surface area contributed by atoms with Crippen molar-refractivity contribution in [3.8, 4) is 5.75 Å². The quantitative estimate of drug-likeness (QED) is 0.770. The number of alkyl halides is 3. The average Bonchev–Trinajstić information content (AvgIpc) is 3.12. The summed E-state index contributed by atoms with van der Waals surface area (Å²) < 4.78 is 63.0. The summed E-state index contributed by atoms with van der Waals surface area (Å²) in [6.45, 7) is 1.65. The molecule has 0 unspecified atom stereocenters. The van der Waals surface area contributed by atoms with Crippen molar-refractivity contribution in [2.45, 2.75) is 31.8 Å². The highest BCUT2D eigenvalue weighted by molar-refractivity contribution is 5.30. The number of benzene rings is 2. The highest BCUT2D eigenvalue weighted by Crippen LogP contribution is 2.29. The molecule has 1 atom stereocenters. The van der Waals surface area contributed by atoms with Gasteiger partial charge in [-0.15, -0.1) is 0 Å². The van der Waals surface area contributed by atoms with Crippen molar-refractivity contribution in [2.75, 3.05) is 13.2 Å². The van der Waals surface area contributed by atoms with Gasteiger partial charge in [-0.05, 0) is 30.2 Å².